The molecule has 0 N–H and O–H groups in total. The molecule has 0 saturated heterocycles. The van der Waals surface area contributed by atoms with Gasteiger partial charge in [0.25, 0.3) is 0 Å². The lowest BCUT2D eigenvalue weighted by Crippen LogP contribution is -2.37. The first-order valence-corrected chi connectivity index (χ1v) is 15.9. The van der Waals surface area contributed by atoms with Gasteiger partial charge in [0.15, 0.2) is 0 Å². The maximum atomic E-state index is 14.1. The molecule has 8 heteroatoms. The molecule has 0 radical (unpaired) electrons. The number of rotatable bonds is 12. The summed E-state index contributed by atoms with van der Waals surface area (Å²) in [5.74, 6) is 0. The fourth-order valence-electron chi connectivity index (χ4n) is 3.18. The average molecular weight is 546 g/mol. The van der Waals surface area contributed by atoms with Crippen LogP contribution in [0.25, 0.3) is 0 Å². The van der Waals surface area contributed by atoms with Crippen LogP contribution >= 0.6 is 32.3 Å². The topological polar surface area (TPSA) is 26.8 Å². The summed E-state index contributed by atoms with van der Waals surface area (Å²) in [6, 6.07) is 31.2. The summed E-state index contributed by atoms with van der Waals surface area (Å²) >= 11 is 3.59. The Balaban J connectivity index is 2.31. The van der Waals surface area contributed by atoms with Gasteiger partial charge in [0, 0.05) is 15.7 Å². The van der Waals surface area contributed by atoms with Crippen molar-refractivity contribution in [3.8, 4) is 0 Å². The number of anilines is 3. The quantitative estimate of drug-likeness (QED) is 0.167. The minimum atomic E-state index is -1.29. The van der Waals surface area contributed by atoms with Gasteiger partial charge < -0.3 is 0 Å². The molecule has 1 unspecified atom stereocenters. The van der Waals surface area contributed by atoms with E-state index in [2.05, 4.69) is 101 Å². The number of hydrogen-bond acceptors (Lipinski definition) is 5. The molecule has 4 nitrogen and oxygen atoms in total. The molecule has 35 heavy (non-hydrogen) atoms. The highest BCUT2D eigenvalue weighted by molar-refractivity contribution is 8.15. The van der Waals surface area contributed by atoms with Crippen molar-refractivity contribution in [2.75, 3.05) is 12.2 Å². The van der Waals surface area contributed by atoms with Crippen molar-refractivity contribution in [1.29, 1.82) is 0 Å². The van der Waals surface area contributed by atoms with E-state index in [-0.39, 0.29) is 5.25 Å². The highest BCUT2D eigenvalue weighted by Crippen LogP contribution is 2.61. The molecule has 0 fully saturated rings. The molecule has 0 amide bonds. The van der Waals surface area contributed by atoms with Crippen molar-refractivity contribution in [3.63, 3.8) is 0 Å². The summed E-state index contributed by atoms with van der Waals surface area (Å²) < 4.78 is 21.0. The van der Waals surface area contributed by atoms with Crippen LogP contribution in [-0.4, -0.2) is 20.0 Å². The standard InChI is InChI=1S/C27H36N3OPS3/c1-22(2)33-28(25-16-10-7-11-17-25)32(29(34-23(3)4)26-18-12-8-13-19-26)30(35(31)24(5)6)27-20-14-9-15-21-27/h7-24H,1-6H3. The largest absolute Gasteiger partial charge is 0.257 e. The van der Waals surface area contributed by atoms with E-state index in [4.69, 9.17) is 0 Å². The lowest BCUT2D eigenvalue weighted by molar-refractivity contribution is 0.678. The average Bonchev–Trinajstić information content (AvgIpc) is 2.86. The minimum Gasteiger partial charge on any atom is -0.257 e. The molecule has 3 aromatic carbocycles. The second-order valence-electron chi connectivity index (χ2n) is 8.73. The number of nitrogens with zero attached hydrogens (tertiary/aromatic N) is 3. The molecule has 0 spiro atoms. The molecule has 3 rings (SSSR count). The maximum Gasteiger partial charge on any atom is 0.242 e. The molecule has 0 bridgehead atoms. The first-order chi connectivity index (χ1) is 16.8. The van der Waals surface area contributed by atoms with E-state index in [1.807, 2.05) is 44.2 Å². The van der Waals surface area contributed by atoms with Crippen molar-refractivity contribution < 1.29 is 4.21 Å². The molecule has 0 aliphatic carbocycles. The highest BCUT2D eigenvalue weighted by atomic mass is 32.2. The van der Waals surface area contributed by atoms with Gasteiger partial charge in [-0.25, -0.2) is 8.28 Å². The number of benzene rings is 3. The van der Waals surface area contributed by atoms with Crippen molar-refractivity contribution >= 4 is 60.3 Å². The zero-order chi connectivity index (χ0) is 25.4. The fourth-order valence-corrected chi connectivity index (χ4v) is 11.3. The molecule has 1 atom stereocenters. The van der Waals surface area contributed by atoms with E-state index in [0.717, 1.165) is 17.1 Å². The van der Waals surface area contributed by atoms with E-state index in [1.165, 1.54) is 0 Å². The van der Waals surface area contributed by atoms with Crippen molar-refractivity contribution in [2.45, 2.75) is 57.3 Å². The third kappa shape index (κ3) is 7.66. The molecule has 0 aromatic heterocycles. The van der Waals surface area contributed by atoms with Gasteiger partial charge in [-0.05, 0) is 74.1 Å². The van der Waals surface area contributed by atoms with E-state index in [1.54, 1.807) is 23.9 Å². The summed E-state index contributed by atoms with van der Waals surface area (Å²) in [5, 5.41) is 0.641. The van der Waals surface area contributed by atoms with E-state index in [0.29, 0.717) is 10.5 Å². The van der Waals surface area contributed by atoms with Crippen LogP contribution < -0.4 is 12.2 Å². The third-order valence-corrected chi connectivity index (χ3v) is 11.7. The van der Waals surface area contributed by atoms with E-state index >= 15 is 0 Å². The summed E-state index contributed by atoms with van der Waals surface area (Å²) in [5.41, 5.74) is 3.16. The van der Waals surface area contributed by atoms with E-state index in [9.17, 15) is 4.21 Å². The van der Waals surface area contributed by atoms with Gasteiger partial charge in [-0.3, -0.25) is 8.15 Å². The van der Waals surface area contributed by atoms with Crippen LogP contribution in [0.15, 0.2) is 91.0 Å². The van der Waals surface area contributed by atoms with Crippen molar-refractivity contribution in [3.05, 3.63) is 91.0 Å². The lowest BCUT2D eigenvalue weighted by atomic mass is 10.3. The molecule has 0 heterocycles. The van der Waals surface area contributed by atoms with Gasteiger partial charge in [-0.1, -0.05) is 82.3 Å². The Morgan fingerprint density at radius 1 is 0.600 bits per heavy atom. The molecule has 188 valence electrons. The van der Waals surface area contributed by atoms with Gasteiger partial charge in [0.05, 0.1) is 17.1 Å². The Labute approximate surface area is 224 Å². The molecule has 0 aliphatic rings. The monoisotopic (exact) mass is 545 g/mol. The zero-order valence-corrected chi connectivity index (χ0v) is 24.7. The summed E-state index contributed by atoms with van der Waals surface area (Å²) in [6.45, 7) is 12.9. The second kappa shape index (κ2) is 13.6. The summed E-state index contributed by atoms with van der Waals surface area (Å²) in [6.07, 6.45) is 0. The Morgan fingerprint density at radius 3 is 1.26 bits per heavy atom. The van der Waals surface area contributed by atoms with Crippen LogP contribution in [0.1, 0.15) is 41.5 Å². The molecular weight excluding hydrogens is 509 g/mol. The smallest absolute Gasteiger partial charge is 0.242 e. The van der Waals surface area contributed by atoms with Crippen LogP contribution in [-0.2, 0) is 11.0 Å². The van der Waals surface area contributed by atoms with E-state index < -0.39 is 19.4 Å². The number of para-hydroxylation sites is 3. The van der Waals surface area contributed by atoms with Gasteiger partial charge in [-0.15, -0.1) is 0 Å². The minimum absolute atomic E-state index is 0.0384. The Hall–Kier alpha value is -1.66. The molecule has 3 aromatic rings. The SMILES string of the molecule is CC(C)SN(c1ccccc1)P(N(SC(C)C)c1ccccc1)N(c1ccccc1)S(=O)C(C)C. The summed E-state index contributed by atoms with van der Waals surface area (Å²) in [7, 11) is -2.55. The first-order valence-electron chi connectivity index (χ1n) is 11.9. The molecule has 0 aliphatic heterocycles. The fraction of sp³-hybridized carbons (Fsp3) is 0.333. The molecular formula is C27H36N3OPS3. The zero-order valence-electron chi connectivity index (χ0n) is 21.3. The van der Waals surface area contributed by atoms with Gasteiger partial charge in [0.2, 0.25) is 8.37 Å². The third-order valence-electron chi connectivity index (χ3n) is 4.61. The first kappa shape index (κ1) is 27.9. The van der Waals surface area contributed by atoms with Crippen molar-refractivity contribution in [2.24, 2.45) is 0 Å². The maximum absolute atomic E-state index is 14.1. The van der Waals surface area contributed by atoms with Crippen molar-refractivity contribution in [1.82, 2.24) is 0 Å². The Kier molecular flexibility index (Phi) is 10.8. The predicted octanol–water partition coefficient (Wildman–Crippen LogP) is 8.92. The van der Waals surface area contributed by atoms with Gasteiger partial charge in [-0.2, -0.15) is 0 Å². The highest BCUT2D eigenvalue weighted by Gasteiger charge is 2.39. The van der Waals surface area contributed by atoms with Crippen LogP contribution in [0, 0.1) is 0 Å². The van der Waals surface area contributed by atoms with Gasteiger partial charge in [0.1, 0.15) is 11.0 Å². The Bertz CT molecular complexity index is 986. The lowest BCUT2D eigenvalue weighted by Gasteiger charge is -2.45. The van der Waals surface area contributed by atoms with Crippen LogP contribution in [0.4, 0.5) is 17.1 Å². The van der Waals surface area contributed by atoms with Crippen LogP contribution in [0.3, 0.4) is 0 Å². The second-order valence-corrected chi connectivity index (χ2v) is 16.2. The Morgan fingerprint density at radius 2 is 0.943 bits per heavy atom. The van der Waals surface area contributed by atoms with Crippen LogP contribution in [0.2, 0.25) is 0 Å². The van der Waals surface area contributed by atoms with Crippen LogP contribution in [0.5, 0.6) is 0 Å². The number of hydrogen-bond donors (Lipinski definition) is 0. The molecule has 0 saturated carbocycles. The predicted molar refractivity (Wildman–Crippen MR) is 162 cm³/mol. The van der Waals surface area contributed by atoms with Gasteiger partial charge >= 0.3 is 0 Å². The summed E-state index contributed by atoms with van der Waals surface area (Å²) in [4.78, 5) is 0. The normalized spacial score (nSPS) is 12.4.